The molecule has 2 aromatic carbocycles. The summed E-state index contributed by atoms with van der Waals surface area (Å²) < 4.78 is 0. The molecule has 22 heavy (non-hydrogen) atoms. The highest BCUT2D eigenvalue weighted by molar-refractivity contribution is 5.97. The number of aliphatic hydroxyl groups is 1. The first-order valence-corrected chi connectivity index (χ1v) is 7.41. The van der Waals surface area contributed by atoms with Crippen molar-refractivity contribution in [2.45, 2.75) is 19.9 Å². The van der Waals surface area contributed by atoms with Gasteiger partial charge in [-0.15, -0.1) is 0 Å². The molecule has 0 heterocycles. The predicted molar refractivity (Wildman–Crippen MR) is 85.8 cm³/mol. The van der Waals surface area contributed by atoms with Gasteiger partial charge in [-0.05, 0) is 29.7 Å². The molecular weight excluding hydrogens is 278 g/mol. The van der Waals surface area contributed by atoms with Crippen molar-refractivity contribution in [1.82, 2.24) is 4.90 Å². The third-order valence-corrected chi connectivity index (χ3v) is 3.57. The van der Waals surface area contributed by atoms with Crippen molar-refractivity contribution in [3.8, 4) is 5.75 Å². The summed E-state index contributed by atoms with van der Waals surface area (Å²) in [5.41, 5.74) is 2.25. The molecule has 0 saturated carbocycles. The molecule has 1 amide bonds. The number of benzene rings is 2. The molecule has 0 bridgehead atoms. The first kappa shape index (κ1) is 16.0. The van der Waals surface area contributed by atoms with Gasteiger partial charge in [0.2, 0.25) is 0 Å². The number of nitrogens with zero attached hydrogens (tertiary/aromatic N) is 1. The molecule has 116 valence electrons. The quantitative estimate of drug-likeness (QED) is 0.862. The topological polar surface area (TPSA) is 60.8 Å². The first-order chi connectivity index (χ1) is 10.7. The summed E-state index contributed by atoms with van der Waals surface area (Å²) in [4.78, 5) is 14.2. The standard InChI is InChI=1S/C18H21NO3/c1-2-14-8-9-17(21)16(12-14)18(22)19(10-11-20)13-15-6-4-3-5-7-15/h3-9,12,20-21H,2,10-11,13H2,1H3. The van der Waals surface area contributed by atoms with Crippen LogP contribution in [0.15, 0.2) is 48.5 Å². The number of phenolic OH excluding ortho intramolecular Hbond substituents is 1. The molecule has 4 nitrogen and oxygen atoms in total. The van der Waals surface area contributed by atoms with E-state index in [9.17, 15) is 15.0 Å². The minimum absolute atomic E-state index is 0.0294. The predicted octanol–water partition coefficient (Wildman–Crippen LogP) is 2.59. The van der Waals surface area contributed by atoms with Crippen molar-refractivity contribution in [3.63, 3.8) is 0 Å². The number of phenols is 1. The van der Waals surface area contributed by atoms with Gasteiger partial charge in [0.1, 0.15) is 5.75 Å². The second-order valence-electron chi connectivity index (χ2n) is 5.14. The van der Waals surface area contributed by atoms with Gasteiger partial charge >= 0.3 is 0 Å². The average Bonchev–Trinajstić information content (AvgIpc) is 2.55. The Hall–Kier alpha value is -2.33. The van der Waals surface area contributed by atoms with Crippen LogP contribution < -0.4 is 0 Å². The lowest BCUT2D eigenvalue weighted by Crippen LogP contribution is -2.33. The molecule has 0 aliphatic rings. The fraction of sp³-hybridized carbons (Fsp3) is 0.278. The SMILES string of the molecule is CCc1ccc(O)c(C(=O)N(CCO)Cc2ccccc2)c1. The molecule has 0 radical (unpaired) electrons. The third-order valence-electron chi connectivity index (χ3n) is 3.57. The maximum atomic E-state index is 12.7. The van der Waals surface area contributed by atoms with Crippen LogP contribution >= 0.6 is 0 Å². The molecule has 2 rings (SSSR count). The van der Waals surface area contributed by atoms with E-state index < -0.39 is 0 Å². The van der Waals surface area contributed by atoms with E-state index in [1.165, 1.54) is 0 Å². The summed E-state index contributed by atoms with van der Waals surface area (Å²) in [6.45, 7) is 2.50. The van der Waals surface area contributed by atoms with E-state index in [0.29, 0.717) is 6.54 Å². The lowest BCUT2D eigenvalue weighted by molar-refractivity contribution is 0.0704. The van der Waals surface area contributed by atoms with Gasteiger partial charge in [-0.2, -0.15) is 0 Å². The number of hydrogen-bond donors (Lipinski definition) is 2. The molecule has 4 heteroatoms. The van der Waals surface area contributed by atoms with Gasteiger partial charge < -0.3 is 15.1 Å². The van der Waals surface area contributed by atoms with Crippen LogP contribution in [0.1, 0.15) is 28.4 Å². The molecule has 0 aliphatic carbocycles. The average molecular weight is 299 g/mol. The Morgan fingerprint density at radius 3 is 2.45 bits per heavy atom. The number of hydrogen-bond acceptors (Lipinski definition) is 3. The molecule has 0 aliphatic heterocycles. The van der Waals surface area contributed by atoms with Crippen molar-refractivity contribution in [2.75, 3.05) is 13.2 Å². The van der Waals surface area contributed by atoms with Crippen LogP contribution in [0.25, 0.3) is 0 Å². The maximum Gasteiger partial charge on any atom is 0.257 e. The van der Waals surface area contributed by atoms with Crippen LogP contribution in [-0.2, 0) is 13.0 Å². The second-order valence-corrected chi connectivity index (χ2v) is 5.14. The van der Waals surface area contributed by atoms with Gasteiger partial charge in [0.05, 0.1) is 12.2 Å². The summed E-state index contributed by atoms with van der Waals surface area (Å²) in [5.74, 6) is -0.302. The molecule has 0 fully saturated rings. The van der Waals surface area contributed by atoms with Gasteiger partial charge in [-0.1, -0.05) is 43.3 Å². The monoisotopic (exact) mass is 299 g/mol. The van der Waals surface area contributed by atoms with Crippen LogP contribution in [-0.4, -0.2) is 34.2 Å². The van der Waals surface area contributed by atoms with E-state index in [0.717, 1.165) is 17.5 Å². The highest BCUT2D eigenvalue weighted by atomic mass is 16.3. The molecule has 0 aromatic heterocycles. The zero-order valence-electron chi connectivity index (χ0n) is 12.7. The largest absolute Gasteiger partial charge is 0.507 e. The summed E-state index contributed by atoms with van der Waals surface area (Å²) >= 11 is 0. The minimum Gasteiger partial charge on any atom is -0.507 e. The minimum atomic E-state index is -0.272. The van der Waals surface area contributed by atoms with E-state index in [2.05, 4.69) is 0 Å². The van der Waals surface area contributed by atoms with Crippen LogP contribution in [0.5, 0.6) is 5.75 Å². The maximum absolute atomic E-state index is 12.7. The van der Waals surface area contributed by atoms with E-state index in [-0.39, 0.29) is 30.4 Å². The lowest BCUT2D eigenvalue weighted by atomic mass is 10.1. The summed E-state index contributed by atoms with van der Waals surface area (Å²) in [7, 11) is 0. The number of amides is 1. The fourth-order valence-electron chi connectivity index (χ4n) is 2.32. The number of rotatable bonds is 6. The van der Waals surface area contributed by atoms with Crippen molar-refractivity contribution in [1.29, 1.82) is 0 Å². The summed E-state index contributed by atoms with van der Waals surface area (Å²) in [6.07, 6.45) is 0.791. The van der Waals surface area contributed by atoms with E-state index in [4.69, 9.17) is 0 Å². The Labute approximate surface area is 130 Å². The number of aromatic hydroxyl groups is 1. The van der Waals surface area contributed by atoms with Crippen LogP contribution in [0.4, 0.5) is 0 Å². The van der Waals surface area contributed by atoms with Crippen LogP contribution in [0.3, 0.4) is 0 Å². The lowest BCUT2D eigenvalue weighted by Gasteiger charge is -2.22. The van der Waals surface area contributed by atoms with E-state index >= 15 is 0 Å². The van der Waals surface area contributed by atoms with Crippen molar-refractivity contribution < 1.29 is 15.0 Å². The summed E-state index contributed by atoms with van der Waals surface area (Å²) in [5, 5.41) is 19.2. The zero-order chi connectivity index (χ0) is 15.9. The normalized spacial score (nSPS) is 10.5. The highest BCUT2D eigenvalue weighted by Gasteiger charge is 2.19. The molecule has 0 saturated heterocycles. The van der Waals surface area contributed by atoms with Crippen molar-refractivity contribution in [2.24, 2.45) is 0 Å². The van der Waals surface area contributed by atoms with Gasteiger partial charge in [0, 0.05) is 13.1 Å². The van der Waals surface area contributed by atoms with E-state index in [1.54, 1.807) is 23.1 Å². The van der Waals surface area contributed by atoms with Gasteiger partial charge in [-0.3, -0.25) is 4.79 Å². The Bertz CT molecular complexity index is 625. The van der Waals surface area contributed by atoms with Gasteiger partial charge in [-0.25, -0.2) is 0 Å². The molecule has 0 spiro atoms. The number of aliphatic hydroxyl groups excluding tert-OH is 1. The molecule has 0 atom stereocenters. The summed E-state index contributed by atoms with van der Waals surface area (Å²) in [6, 6.07) is 14.7. The Kier molecular flexibility index (Phi) is 5.55. The third kappa shape index (κ3) is 3.86. The number of carbonyl (C=O) groups excluding carboxylic acids is 1. The van der Waals surface area contributed by atoms with Crippen molar-refractivity contribution in [3.05, 3.63) is 65.2 Å². The number of aryl methyl sites for hydroxylation is 1. The Morgan fingerprint density at radius 1 is 1.09 bits per heavy atom. The first-order valence-electron chi connectivity index (χ1n) is 7.41. The van der Waals surface area contributed by atoms with Crippen molar-refractivity contribution >= 4 is 5.91 Å². The van der Waals surface area contributed by atoms with Gasteiger partial charge in [0.25, 0.3) is 5.91 Å². The second kappa shape index (κ2) is 7.61. The Balaban J connectivity index is 2.26. The molecule has 2 N–H and O–H groups in total. The zero-order valence-corrected chi connectivity index (χ0v) is 12.7. The fourth-order valence-corrected chi connectivity index (χ4v) is 2.32. The Morgan fingerprint density at radius 2 is 1.82 bits per heavy atom. The van der Waals surface area contributed by atoms with Gasteiger partial charge in [0.15, 0.2) is 0 Å². The van der Waals surface area contributed by atoms with E-state index in [1.807, 2.05) is 37.3 Å². The highest BCUT2D eigenvalue weighted by Crippen LogP contribution is 2.21. The smallest absolute Gasteiger partial charge is 0.257 e. The molecule has 0 unspecified atom stereocenters. The number of carbonyl (C=O) groups is 1. The molecule has 2 aromatic rings. The molecular formula is C18H21NO3. The van der Waals surface area contributed by atoms with Crippen LogP contribution in [0.2, 0.25) is 0 Å². The van der Waals surface area contributed by atoms with Crippen LogP contribution in [0, 0.1) is 0 Å².